The van der Waals surface area contributed by atoms with Crippen molar-refractivity contribution >= 4 is 40.3 Å². The summed E-state index contributed by atoms with van der Waals surface area (Å²) < 4.78 is 29.3. The molecule has 1 aliphatic rings. The summed E-state index contributed by atoms with van der Waals surface area (Å²) in [5, 5.41) is 6.56. The first-order valence-electron chi connectivity index (χ1n) is 11.2. The van der Waals surface area contributed by atoms with Gasteiger partial charge < -0.3 is 24.8 Å². The number of benzene rings is 2. The van der Waals surface area contributed by atoms with Gasteiger partial charge in [-0.25, -0.2) is 23.9 Å². The van der Waals surface area contributed by atoms with Crippen LogP contribution in [-0.2, 0) is 20.7 Å². The third-order valence-corrected chi connectivity index (χ3v) is 6.59. The van der Waals surface area contributed by atoms with Crippen LogP contribution in [0, 0.1) is 5.82 Å². The average Bonchev–Trinajstić information content (AvgIpc) is 3.50. The number of imide groups is 1. The summed E-state index contributed by atoms with van der Waals surface area (Å²) in [7, 11) is 3.96. The highest BCUT2D eigenvalue weighted by Crippen LogP contribution is 2.30. The number of rotatable bonds is 9. The lowest BCUT2D eigenvalue weighted by Crippen LogP contribution is -2.49. The topological polar surface area (TPSA) is 136 Å². The zero-order chi connectivity index (χ0) is 27.4. The number of nitrogens with one attached hydrogen (secondary N) is 2. The Morgan fingerprint density at radius 3 is 2.55 bits per heavy atom. The number of para-hydroxylation sites is 1. The molecule has 2 unspecified atom stereocenters. The maximum Gasteiger partial charge on any atom is 0.357 e. The van der Waals surface area contributed by atoms with E-state index in [1.54, 1.807) is 24.3 Å². The number of halogens is 1. The molecule has 2 heterocycles. The number of hydrogen-bond acceptors (Lipinski definition) is 9. The van der Waals surface area contributed by atoms with Crippen molar-refractivity contribution in [3.8, 4) is 11.5 Å². The molecule has 198 valence electrons. The summed E-state index contributed by atoms with van der Waals surface area (Å²) in [5.74, 6) is -2.44. The number of thiazole rings is 1. The number of aromatic nitrogens is 1. The van der Waals surface area contributed by atoms with E-state index < -0.39 is 41.7 Å². The van der Waals surface area contributed by atoms with Crippen molar-refractivity contribution in [3.63, 3.8) is 0 Å². The Balaban J connectivity index is 1.66. The molecule has 4 rings (SSSR count). The van der Waals surface area contributed by atoms with Gasteiger partial charge in [0, 0.05) is 11.8 Å². The average molecular weight is 543 g/mol. The minimum Gasteiger partial charge on any atom is -0.496 e. The van der Waals surface area contributed by atoms with Gasteiger partial charge in [0.25, 0.3) is 5.91 Å². The number of carbonyl (C=O) groups excluding carboxylic acids is 4. The minimum atomic E-state index is -1.34. The summed E-state index contributed by atoms with van der Waals surface area (Å²) in [6, 6.07) is 7.34. The van der Waals surface area contributed by atoms with E-state index in [0.717, 1.165) is 22.3 Å². The molecular formula is C25H23FN4O7S. The lowest BCUT2D eigenvalue weighted by Gasteiger charge is -2.25. The highest BCUT2D eigenvalue weighted by molar-refractivity contribution is 7.14. The maximum absolute atomic E-state index is 14.3. The number of amides is 4. The number of ether oxygens (including phenoxy) is 3. The van der Waals surface area contributed by atoms with Crippen molar-refractivity contribution in [3.05, 3.63) is 70.5 Å². The predicted molar refractivity (Wildman–Crippen MR) is 134 cm³/mol. The molecule has 38 heavy (non-hydrogen) atoms. The van der Waals surface area contributed by atoms with Crippen LogP contribution in [0.25, 0.3) is 0 Å². The zero-order valence-electron chi connectivity index (χ0n) is 20.5. The maximum atomic E-state index is 14.3. The van der Waals surface area contributed by atoms with Crippen LogP contribution in [0.4, 0.5) is 14.3 Å². The van der Waals surface area contributed by atoms with Gasteiger partial charge in [-0.2, -0.15) is 0 Å². The second kappa shape index (κ2) is 11.3. The Bertz CT molecular complexity index is 1400. The third-order valence-electron chi connectivity index (χ3n) is 5.83. The van der Waals surface area contributed by atoms with Gasteiger partial charge in [-0.1, -0.05) is 24.3 Å². The number of urea groups is 1. The van der Waals surface area contributed by atoms with Gasteiger partial charge in [-0.15, -0.1) is 11.3 Å². The van der Waals surface area contributed by atoms with Gasteiger partial charge in [0.15, 0.2) is 22.4 Å². The van der Waals surface area contributed by atoms with Crippen LogP contribution in [0.3, 0.4) is 0 Å². The van der Waals surface area contributed by atoms with Crippen molar-refractivity contribution in [2.24, 2.45) is 0 Å². The van der Waals surface area contributed by atoms with Crippen molar-refractivity contribution in [2.45, 2.75) is 18.5 Å². The van der Waals surface area contributed by atoms with Gasteiger partial charge in [0.1, 0.15) is 17.8 Å². The van der Waals surface area contributed by atoms with Crippen molar-refractivity contribution in [1.82, 2.24) is 15.2 Å². The van der Waals surface area contributed by atoms with E-state index in [4.69, 9.17) is 9.47 Å². The lowest BCUT2D eigenvalue weighted by molar-refractivity contribution is -0.134. The van der Waals surface area contributed by atoms with Crippen molar-refractivity contribution < 1.29 is 37.8 Å². The fourth-order valence-electron chi connectivity index (χ4n) is 3.98. The van der Waals surface area contributed by atoms with Crippen LogP contribution < -0.4 is 20.1 Å². The highest BCUT2D eigenvalue weighted by Gasteiger charge is 2.46. The van der Waals surface area contributed by atoms with Gasteiger partial charge in [-0.05, 0) is 29.3 Å². The molecule has 0 aliphatic carbocycles. The zero-order valence-corrected chi connectivity index (χ0v) is 21.3. The molecule has 2 atom stereocenters. The Morgan fingerprint density at radius 2 is 1.87 bits per heavy atom. The number of esters is 1. The fourth-order valence-corrected chi connectivity index (χ4v) is 4.66. The molecule has 0 bridgehead atoms. The number of anilines is 1. The first kappa shape index (κ1) is 26.5. The van der Waals surface area contributed by atoms with E-state index in [0.29, 0.717) is 11.3 Å². The summed E-state index contributed by atoms with van der Waals surface area (Å²) >= 11 is 0.973. The first-order valence-corrected chi connectivity index (χ1v) is 12.1. The van der Waals surface area contributed by atoms with Crippen LogP contribution in [0.5, 0.6) is 11.5 Å². The molecule has 0 saturated carbocycles. The van der Waals surface area contributed by atoms with Crippen LogP contribution in [0.15, 0.2) is 47.8 Å². The van der Waals surface area contributed by atoms with E-state index in [-0.39, 0.29) is 28.6 Å². The van der Waals surface area contributed by atoms with E-state index >= 15 is 0 Å². The fraction of sp³-hybridized carbons (Fsp3) is 0.240. The molecule has 13 heteroatoms. The van der Waals surface area contributed by atoms with Gasteiger partial charge in [-0.3, -0.25) is 9.59 Å². The van der Waals surface area contributed by atoms with Crippen LogP contribution in [0.2, 0.25) is 0 Å². The van der Waals surface area contributed by atoms with Crippen molar-refractivity contribution in [1.29, 1.82) is 0 Å². The highest BCUT2D eigenvalue weighted by atomic mass is 32.1. The summed E-state index contributed by atoms with van der Waals surface area (Å²) in [5.41, 5.74) is 0.734. The van der Waals surface area contributed by atoms with Gasteiger partial charge in [0.2, 0.25) is 5.91 Å². The molecule has 1 aliphatic heterocycles. The summed E-state index contributed by atoms with van der Waals surface area (Å²) in [4.78, 5) is 56.5. The number of methoxy groups -OCH3 is 3. The Labute approximate surface area is 220 Å². The van der Waals surface area contributed by atoms with Gasteiger partial charge >= 0.3 is 12.0 Å². The molecule has 1 fully saturated rings. The van der Waals surface area contributed by atoms with E-state index in [2.05, 4.69) is 20.4 Å². The normalized spacial score (nSPS) is 15.6. The standard InChI is InChI=1S/C25H23FN4O7S/c1-35-18-7-5-4-6-13(18)11-17(21(31)29-24-27-16(12-38-24)23(33)37-3)30-22(32)20(28-25(30)34)14-8-9-19(36-2)15(26)10-14/h4-10,12,17,20H,11H2,1-3H3,(H,28,34)(H,27,29,31). The summed E-state index contributed by atoms with van der Waals surface area (Å²) in [6.07, 6.45) is -0.0894. The Kier molecular flexibility index (Phi) is 7.86. The van der Waals surface area contributed by atoms with Crippen LogP contribution in [0.1, 0.15) is 27.7 Å². The second-order valence-corrected chi connectivity index (χ2v) is 8.89. The molecule has 11 nitrogen and oxygen atoms in total. The van der Waals surface area contributed by atoms with E-state index in [9.17, 15) is 23.6 Å². The quantitative estimate of drug-likeness (QED) is 0.311. The molecule has 2 aromatic carbocycles. The van der Waals surface area contributed by atoms with E-state index in [1.807, 2.05) is 0 Å². The number of hydrogen-bond donors (Lipinski definition) is 2. The smallest absolute Gasteiger partial charge is 0.357 e. The Hall–Kier alpha value is -4.52. The minimum absolute atomic E-state index is 0.00864. The van der Waals surface area contributed by atoms with Crippen LogP contribution in [-0.4, -0.2) is 61.1 Å². The molecule has 1 aromatic heterocycles. The molecule has 1 saturated heterocycles. The van der Waals surface area contributed by atoms with Crippen molar-refractivity contribution in [2.75, 3.05) is 26.6 Å². The molecule has 2 N–H and O–H groups in total. The second-order valence-electron chi connectivity index (χ2n) is 8.04. The molecule has 4 amide bonds. The summed E-state index contributed by atoms with van der Waals surface area (Å²) in [6.45, 7) is 0. The molecular weight excluding hydrogens is 519 g/mol. The number of nitrogens with zero attached hydrogens (tertiary/aromatic N) is 2. The SMILES string of the molecule is COC(=O)c1csc(NC(=O)C(Cc2ccccc2OC)N2C(=O)NC(c3ccc(OC)c(F)c3)C2=O)n1. The van der Waals surface area contributed by atoms with E-state index in [1.165, 1.54) is 38.8 Å². The molecule has 0 radical (unpaired) electrons. The largest absolute Gasteiger partial charge is 0.496 e. The monoisotopic (exact) mass is 542 g/mol. The number of carbonyl (C=O) groups is 4. The lowest BCUT2D eigenvalue weighted by atomic mass is 10.0. The van der Waals surface area contributed by atoms with Crippen LogP contribution >= 0.6 is 11.3 Å². The third kappa shape index (κ3) is 5.27. The Morgan fingerprint density at radius 1 is 1.13 bits per heavy atom. The van der Waals surface area contributed by atoms with Gasteiger partial charge in [0.05, 0.1) is 21.3 Å². The molecule has 0 spiro atoms. The first-order chi connectivity index (χ1) is 18.3. The molecule has 3 aromatic rings. The predicted octanol–water partition coefficient (Wildman–Crippen LogP) is 2.93.